The van der Waals surface area contributed by atoms with Crippen molar-refractivity contribution in [2.24, 2.45) is 4.99 Å². The van der Waals surface area contributed by atoms with E-state index in [1.165, 1.54) is 0 Å². The third-order valence-corrected chi connectivity index (χ3v) is 2.74. The molecule has 0 aliphatic heterocycles. The van der Waals surface area contributed by atoms with Crippen molar-refractivity contribution >= 4 is 17.7 Å². The van der Waals surface area contributed by atoms with Crippen LogP contribution in [0.4, 0.5) is 52.7 Å². The highest BCUT2D eigenvalue weighted by Crippen LogP contribution is 2.59. The van der Waals surface area contributed by atoms with E-state index in [1.807, 2.05) is 0 Å². The first-order valence-electron chi connectivity index (χ1n) is 4.81. The van der Waals surface area contributed by atoms with Crippen molar-refractivity contribution in [2.45, 2.75) is 41.5 Å². The lowest BCUT2D eigenvalue weighted by atomic mass is 9.94. The molecule has 0 heterocycles. The standard InChI is InChI=1S/C8H2ClF12NO/c9-2(22-1-23)4(12,13)6(16,17)8(20,21)7(18,19)5(14,15)3(10)11/h2-3H. The van der Waals surface area contributed by atoms with Gasteiger partial charge >= 0.3 is 36.0 Å². The maximum Gasteiger partial charge on any atom is 0.384 e. The Balaban J connectivity index is 6.22. The topological polar surface area (TPSA) is 29.4 Å². The third-order valence-electron chi connectivity index (χ3n) is 2.37. The van der Waals surface area contributed by atoms with Gasteiger partial charge in [0.2, 0.25) is 11.6 Å². The summed E-state index contributed by atoms with van der Waals surface area (Å²) < 4.78 is 152. The van der Waals surface area contributed by atoms with Crippen LogP contribution in [0.1, 0.15) is 0 Å². The molecule has 23 heavy (non-hydrogen) atoms. The third kappa shape index (κ3) is 2.97. The molecule has 0 bridgehead atoms. The lowest BCUT2D eigenvalue weighted by Gasteiger charge is -2.39. The minimum atomic E-state index is -7.70. The van der Waals surface area contributed by atoms with Gasteiger partial charge in [-0.3, -0.25) is 0 Å². The van der Waals surface area contributed by atoms with Crippen LogP contribution in [0, 0.1) is 0 Å². The lowest BCUT2D eigenvalue weighted by Crippen LogP contribution is -2.69. The fourth-order valence-corrected chi connectivity index (χ4v) is 1.21. The summed E-state index contributed by atoms with van der Waals surface area (Å²) in [7, 11) is 0. The number of hydrogen-bond donors (Lipinski definition) is 0. The van der Waals surface area contributed by atoms with Crippen molar-refractivity contribution < 1.29 is 57.5 Å². The maximum atomic E-state index is 13.0. The number of hydrogen-bond acceptors (Lipinski definition) is 2. The Hall–Kier alpha value is -1.17. The number of aliphatic imine (C=N–C) groups is 1. The highest BCUT2D eigenvalue weighted by molar-refractivity contribution is 6.21. The second-order valence-corrected chi connectivity index (χ2v) is 4.24. The van der Waals surface area contributed by atoms with Crippen LogP contribution >= 0.6 is 11.6 Å². The van der Waals surface area contributed by atoms with Crippen LogP contribution in [-0.4, -0.2) is 47.6 Å². The monoisotopic (exact) mass is 391 g/mol. The van der Waals surface area contributed by atoms with Crippen LogP contribution in [0.5, 0.6) is 0 Å². The van der Waals surface area contributed by atoms with Crippen molar-refractivity contribution in [2.75, 3.05) is 0 Å². The van der Waals surface area contributed by atoms with Crippen molar-refractivity contribution in [3.05, 3.63) is 0 Å². The molecule has 0 saturated carbocycles. The number of isocyanates is 1. The van der Waals surface area contributed by atoms with Crippen LogP contribution in [0.2, 0.25) is 0 Å². The summed E-state index contributed by atoms with van der Waals surface area (Å²) in [5.41, 5.74) is -3.92. The Morgan fingerprint density at radius 2 is 1.09 bits per heavy atom. The molecule has 0 amide bonds. The quantitative estimate of drug-likeness (QED) is 0.209. The number of alkyl halides is 13. The summed E-state index contributed by atoms with van der Waals surface area (Å²) in [6.45, 7) is 0. The molecule has 0 fully saturated rings. The Bertz CT molecular complexity index is 485. The fraction of sp³-hybridized carbons (Fsp3) is 0.875. The smallest absolute Gasteiger partial charge is 0.211 e. The van der Waals surface area contributed by atoms with Gasteiger partial charge < -0.3 is 0 Å². The number of halogens is 13. The Morgan fingerprint density at radius 3 is 1.39 bits per heavy atom. The Kier molecular flexibility index (Phi) is 5.73. The summed E-state index contributed by atoms with van der Waals surface area (Å²) in [6.07, 6.45) is -5.48. The van der Waals surface area contributed by atoms with Crippen LogP contribution in [0.15, 0.2) is 4.99 Å². The minimum absolute atomic E-state index is 0.114. The van der Waals surface area contributed by atoms with E-state index < -0.39 is 41.5 Å². The number of nitrogens with zero attached hydrogens (tertiary/aromatic N) is 1. The normalized spacial score (nSPS) is 16.3. The molecule has 0 N–H and O–H groups in total. The Morgan fingerprint density at radius 1 is 0.739 bits per heavy atom. The maximum absolute atomic E-state index is 13.0. The van der Waals surface area contributed by atoms with Gasteiger partial charge in [0.1, 0.15) is 0 Å². The molecule has 1 atom stereocenters. The predicted molar refractivity (Wildman–Crippen MR) is 48.5 cm³/mol. The largest absolute Gasteiger partial charge is 0.384 e. The molecule has 136 valence electrons. The molecule has 15 heteroatoms. The van der Waals surface area contributed by atoms with Crippen LogP contribution in [0.25, 0.3) is 0 Å². The molecule has 0 spiro atoms. The summed E-state index contributed by atoms with van der Waals surface area (Å²) in [5, 5.41) is 0. The van der Waals surface area contributed by atoms with Crippen molar-refractivity contribution in [3.8, 4) is 0 Å². The molecule has 0 aromatic carbocycles. The van der Waals surface area contributed by atoms with Gasteiger partial charge in [-0.2, -0.15) is 48.9 Å². The molecule has 0 radical (unpaired) electrons. The first-order valence-corrected chi connectivity index (χ1v) is 5.24. The molecular formula is C8H2ClF12NO. The summed E-state index contributed by atoms with van der Waals surface area (Å²) in [4.78, 5) is 11.2. The van der Waals surface area contributed by atoms with Gasteiger partial charge in [-0.15, -0.1) is 0 Å². The van der Waals surface area contributed by atoms with E-state index in [-0.39, 0.29) is 6.08 Å². The average Bonchev–Trinajstić information content (AvgIpc) is 2.37. The van der Waals surface area contributed by atoms with E-state index in [1.54, 1.807) is 4.99 Å². The van der Waals surface area contributed by atoms with E-state index in [2.05, 4.69) is 11.6 Å². The first kappa shape index (κ1) is 21.8. The van der Waals surface area contributed by atoms with E-state index >= 15 is 0 Å². The zero-order valence-corrected chi connectivity index (χ0v) is 10.7. The molecule has 0 aromatic rings. The molecule has 0 saturated heterocycles. The SMILES string of the molecule is O=C=NC(Cl)C(F)(F)C(F)(F)C(F)(F)C(F)(F)C(F)(F)C(F)F. The van der Waals surface area contributed by atoms with Gasteiger partial charge in [-0.05, 0) is 0 Å². The fourth-order valence-electron chi connectivity index (χ4n) is 1.03. The minimum Gasteiger partial charge on any atom is -0.211 e. The van der Waals surface area contributed by atoms with Crippen LogP contribution < -0.4 is 0 Å². The van der Waals surface area contributed by atoms with Crippen molar-refractivity contribution in [3.63, 3.8) is 0 Å². The summed E-state index contributed by atoms with van der Waals surface area (Å²) >= 11 is 4.32. The van der Waals surface area contributed by atoms with Crippen LogP contribution in [0.3, 0.4) is 0 Å². The first-order chi connectivity index (χ1) is 9.92. The predicted octanol–water partition coefficient (Wildman–Crippen LogP) is 4.33. The highest BCUT2D eigenvalue weighted by Gasteiger charge is 2.88. The van der Waals surface area contributed by atoms with E-state index in [0.717, 1.165) is 0 Å². The molecular weight excluding hydrogens is 390 g/mol. The second kappa shape index (κ2) is 6.04. The summed E-state index contributed by atoms with van der Waals surface area (Å²) in [5.74, 6) is -36.3. The Labute approximate surface area is 123 Å². The molecule has 0 rings (SSSR count). The van der Waals surface area contributed by atoms with E-state index in [0.29, 0.717) is 0 Å². The lowest BCUT2D eigenvalue weighted by molar-refractivity contribution is -0.412. The van der Waals surface area contributed by atoms with Gasteiger partial charge in [0.05, 0.1) is 0 Å². The second-order valence-electron chi connectivity index (χ2n) is 3.83. The van der Waals surface area contributed by atoms with Gasteiger partial charge in [0, 0.05) is 0 Å². The molecule has 2 nitrogen and oxygen atoms in total. The molecule has 0 aliphatic carbocycles. The molecule has 0 aromatic heterocycles. The number of carbonyl (C=O) groups excluding carboxylic acids is 1. The van der Waals surface area contributed by atoms with E-state index in [9.17, 15) is 57.5 Å². The summed E-state index contributed by atoms with van der Waals surface area (Å²) in [6, 6.07) is 0. The van der Waals surface area contributed by atoms with Crippen molar-refractivity contribution in [1.29, 1.82) is 0 Å². The van der Waals surface area contributed by atoms with Gasteiger partial charge in [0.15, 0.2) is 0 Å². The number of rotatable bonds is 7. The molecule has 1 unspecified atom stereocenters. The molecule has 0 aliphatic rings. The zero-order valence-electron chi connectivity index (χ0n) is 9.92. The highest BCUT2D eigenvalue weighted by atomic mass is 35.5. The van der Waals surface area contributed by atoms with Gasteiger partial charge in [-0.1, -0.05) is 11.6 Å². The van der Waals surface area contributed by atoms with Crippen LogP contribution in [-0.2, 0) is 4.79 Å². The zero-order chi connectivity index (χ0) is 19.1. The van der Waals surface area contributed by atoms with E-state index in [4.69, 9.17) is 0 Å². The van der Waals surface area contributed by atoms with Gasteiger partial charge in [-0.25, -0.2) is 13.6 Å². The van der Waals surface area contributed by atoms with Gasteiger partial charge in [0.25, 0.3) is 0 Å². The van der Waals surface area contributed by atoms with Crippen molar-refractivity contribution in [1.82, 2.24) is 0 Å². The average molecular weight is 392 g/mol.